The maximum Gasteiger partial charge on any atom is 0.225 e. The van der Waals surface area contributed by atoms with Crippen molar-refractivity contribution in [2.75, 3.05) is 39.4 Å². The van der Waals surface area contributed by atoms with E-state index in [0.717, 1.165) is 89.6 Å². The van der Waals surface area contributed by atoms with Gasteiger partial charge < -0.3 is 24.7 Å². The maximum absolute atomic E-state index is 12.6. The monoisotopic (exact) mass is 418 g/mol. The number of hydrogen-bond acceptors (Lipinski definition) is 4. The molecule has 0 radical (unpaired) electrons. The van der Waals surface area contributed by atoms with Gasteiger partial charge in [0.2, 0.25) is 5.91 Å². The topological polar surface area (TPSA) is 79.1 Å². The van der Waals surface area contributed by atoms with Crippen molar-refractivity contribution in [2.24, 2.45) is 16.8 Å². The molecular weight excluding hydrogens is 380 g/mol. The third kappa shape index (κ3) is 6.76. The highest BCUT2D eigenvalue weighted by Crippen LogP contribution is 2.17. The number of guanidine groups is 1. The summed E-state index contributed by atoms with van der Waals surface area (Å²) in [5, 5.41) is 7.06. The molecule has 2 N–H and O–H groups in total. The quantitative estimate of drug-likeness (QED) is 0.476. The highest BCUT2D eigenvalue weighted by molar-refractivity contribution is 5.80. The first kappa shape index (κ1) is 22.7. The fourth-order valence-corrected chi connectivity index (χ4v) is 4.19. The number of ether oxygens (including phenoxy) is 1. The number of nitrogens with one attached hydrogen (secondary N) is 2. The van der Waals surface area contributed by atoms with E-state index in [1.54, 1.807) is 6.26 Å². The lowest BCUT2D eigenvalue weighted by Gasteiger charge is -2.35. The largest absolute Gasteiger partial charge is 0.469 e. The summed E-state index contributed by atoms with van der Waals surface area (Å²) in [5.41, 5.74) is 0. The molecule has 1 aromatic rings. The molecule has 3 heterocycles. The SMILES string of the molecule is CCC(CC)C(=O)N1CCC(NC(=NCC2CCOC2)NCCc2ccco2)CC1. The second kappa shape index (κ2) is 12.0. The summed E-state index contributed by atoms with van der Waals surface area (Å²) in [6.45, 7) is 9.05. The Bertz CT molecular complexity index is 643. The number of piperidine rings is 1. The van der Waals surface area contributed by atoms with E-state index in [4.69, 9.17) is 14.1 Å². The van der Waals surface area contributed by atoms with Crippen LogP contribution >= 0.6 is 0 Å². The molecule has 0 aromatic carbocycles. The average molecular weight is 419 g/mol. The van der Waals surface area contributed by atoms with Crippen LogP contribution in [0.25, 0.3) is 0 Å². The van der Waals surface area contributed by atoms with Gasteiger partial charge in [0.25, 0.3) is 0 Å². The molecule has 0 aliphatic carbocycles. The first-order valence-electron chi connectivity index (χ1n) is 11.6. The van der Waals surface area contributed by atoms with E-state index < -0.39 is 0 Å². The molecule has 3 rings (SSSR count). The Kier molecular flexibility index (Phi) is 9.05. The Hall–Kier alpha value is -2.02. The highest BCUT2D eigenvalue weighted by atomic mass is 16.5. The Morgan fingerprint density at radius 1 is 1.27 bits per heavy atom. The smallest absolute Gasteiger partial charge is 0.225 e. The van der Waals surface area contributed by atoms with Crippen LogP contribution in [0.5, 0.6) is 0 Å². The van der Waals surface area contributed by atoms with Crippen molar-refractivity contribution in [1.29, 1.82) is 0 Å². The summed E-state index contributed by atoms with van der Waals surface area (Å²) in [5.74, 6) is 2.83. The van der Waals surface area contributed by atoms with E-state index in [2.05, 4.69) is 24.5 Å². The number of likely N-dealkylation sites (tertiary alicyclic amines) is 1. The van der Waals surface area contributed by atoms with Crippen molar-refractivity contribution < 1.29 is 13.9 Å². The van der Waals surface area contributed by atoms with Crippen LogP contribution in [-0.2, 0) is 16.0 Å². The van der Waals surface area contributed by atoms with E-state index in [1.165, 1.54) is 0 Å². The maximum atomic E-state index is 12.6. The number of carbonyl (C=O) groups is 1. The van der Waals surface area contributed by atoms with Crippen LogP contribution in [0.4, 0.5) is 0 Å². The van der Waals surface area contributed by atoms with Crippen LogP contribution in [-0.4, -0.2) is 62.2 Å². The Morgan fingerprint density at radius 3 is 2.70 bits per heavy atom. The number of furan rings is 1. The van der Waals surface area contributed by atoms with Gasteiger partial charge in [-0.1, -0.05) is 13.8 Å². The van der Waals surface area contributed by atoms with Crippen molar-refractivity contribution in [3.63, 3.8) is 0 Å². The van der Waals surface area contributed by atoms with Gasteiger partial charge in [0.1, 0.15) is 5.76 Å². The summed E-state index contributed by atoms with van der Waals surface area (Å²) < 4.78 is 10.9. The fraction of sp³-hybridized carbons (Fsp3) is 0.739. The van der Waals surface area contributed by atoms with Gasteiger partial charge in [-0.05, 0) is 44.2 Å². The number of nitrogens with zero attached hydrogens (tertiary/aromatic N) is 2. The van der Waals surface area contributed by atoms with Gasteiger partial charge in [0.05, 0.1) is 12.9 Å². The molecule has 0 saturated carbocycles. The lowest BCUT2D eigenvalue weighted by Crippen LogP contribution is -2.51. The molecular formula is C23H38N4O3. The molecule has 30 heavy (non-hydrogen) atoms. The molecule has 1 atom stereocenters. The third-order valence-electron chi connectivity index (χ3n) is 6.26. The van der Waals surface area contributed by atoms with Crippen LogP contribution in [0.3, 0.4) is 0 Å². The summed E-state index contributed by atoms with van der Waals surface area (Å²) in [6, 6.07) is 4.25. The predicted octanol–water partition coefficient (Wildman–Crippen LogP) is 2.82. The Balaban J connectivity index is 1.49. The third-order valence-corrected chi connectivity index (χ3v) is 6.26. The zero-order chi connectivity index (χ0) is 21.2. The lowest BCUT2D eigenvalue weighted by molar-refractivity contribution is -0.136. The summed E-state index contributed by atoms with van der Waals surface area (Å²) >= 11 is 0. The minimum Gasteiger partial charge on any atom is -0.469 e. The number of rotatable bonds is 9. The zero-order valence-corrected chi connectivity index (χ0v) is 18.6. The zero-order valence-electron chi connectivity index (χ0n) is 18.6. The molecule has 1 unspecified atom stereocenters. The molecule has 7 heteroatoms. The normalized spacial score (nSPS) is 20.7. The van der Waals surface area contributed by atoms with E-state index in [-0.39, 0.29) is 5.92 Å². The molecule has 7 nitrogen and oxygen atoms in total. The van der Waals surface area contributed by atoms with Crippen molar-refractivity contribution >= 4 is 11.9 Å². The summed E-state index contributed by atoms with van der Waals surface area (Å²) in [7, 11) is 0. The van der Waals surface area contributed by atoms with Gasteiger partial charge in [-0.25, -0.2) is 0 Å². The van der Waals surface area contributed by atoms with Crippen LogP contribution < -0.4 is 10.6 Å². The molecule has 2 aliphatic rings. The molecule has 0 spiro atoms. The summed E-state index contributed by atoms with van der Waals surface area (Å²) in [6.07, 6.45) is 7.37. The molecule has 1 aromatic heterocycles. The number of aliphatic imine (C=N–C) groups is 1. The standard InChI is InChI=1S/C23H38N4O3/c1-3-19(4-2)22(28)27-12-8-20(9-13-27)26-23(25-16-18-10-15-29-17-18)24-11-7-21-6-5-14-30-21/h5-6,14,18-20H,3-4,7-13,15-17H2,1-2H3,(H2,24,25,26). The second-order valence-electron chi connectivity index (χ2n) is 8.43. The fourth-order valence-electron chi connectivity index (χ4n) is 4.19. The van der Waals surface area contributed by atoms with Gasteiger partial charge >= 0.3 is 0 Å². The predicted molar refractivity (Wildman–Crippen MR) is 118 cm³/mol. The van der Waals surface area contributed by atoms with Gasteiger partial charge in [0.15, 0.2) is 5.96 Å². The number of carbonyl (C=O) groups excluding carboxylic acids is 1. The van der Waals surface area contributed by atoms with Gasteiger partial charge in [0, 0.05) is 57.1 Å². The molecule has 2 aliphatic heterocycles. The van der Waals surface area contributed by atoms with E-state index in [0.29, 0.717) is 17.9 Å². The number of hydrogen-bond donors (Lipinski definition) is 2. The molecule has 1 amide bonds. The van der Waals surface area contributed by atoms with E-state index in [9.17, 15) is 4.79 Å². The van der Waals surface area contributed by atoms with E-state index >= 15 is 0 Å². The average Bonchev–Trinajstić information content (AvgIpc) is 3.47. The minimum atomic E-state index is 0.170. The van der Waals surface area contributed by atoms with Crippen LogP contribution in [0.2, 0.25) is 0 Å². The Morgan fingerprint density at radius 2 is 2.07 bits per heavy atom. The first-order chi connectivity index (χ1) is 14.7. The van der Waals surface area contributed by atoms with Crippen molar-refractivity contribution in [3.8, 4) is 0 Å². The highest BCUT2D eigenvalue weighted by Gasteiger charge is 2.27. The molecule has 2 saturated heterocycles. The van der Waals surface area contributed by atoms with Crippen molar-refractivity contribution in [1.82, 2.24) is 15.5 Å². The van der Waals surface area contributed by atoms with Crippen LogP contribution in [0, 0.1) is 11.8 Å². The molecule has 0 bridgehead atoms. The van der Waals surface area contributed by atoms with Crippen molar-refractivity contribution in [2.45, 2.75) is 58.4 Å². The van der Waals surface area contributed by atoms with Gasteiger partial charge in [-0.15, -0.1) is 0 Å². The second-order valence-corrected chi connectivity index (χ2v) is 8.43. The Labute approximate surface area is 180 Å². The molecule has 2 fully saturated rings. The van der Waals surface area contributed by atoms with Gasteiger partial charge in [-0.2, -0.15) is 0 Å². The van der Waals surface area contributed by atoms with Crippen LogP contribution in [0.1, 0.15) is 51.7 Å². The molecule has 168 valence electrons. The first-order valence-corrected chi connectivity index (χ1v) is 11.6. The van der Waals surface area contributed by atoms with Crippen LogP contribution in [0.15, 0.2) is 27.8 Å². The summed E-state index contributed by atoms with van der Waals surface area (Å²) in [4.78, 5) is 19.5. The lowest BCUT2D eigenvalue weighted by atomic mass is 9.98. The van der Waals surface area contributed by atoms with Crippen molar-refractivity contribution in [3.05, 3.63) is 24.2 Å². The number of amides is 1. The van der Waals surface area contributed by atoms with Gasteiger partial charge in [-0.3, -0.25) is 9.79 Å². The van der Waals surface area contributed by atoms with E-state index in [1.807, 2.05) is 17.0 Å². The minimum absolute atomic E-state index is 0.170.